The van der Waals surface area contributed by atoms with Crippen molar-refractivity contribution in [3.63, 3.8) is 0 Å². The van der Waals surface area contributed by atoms with Crippen LogP contribution in [0.5, 0.6) is 0 Å². The van der Waals surface area contributed by atoms with Crippen LogP contribution < -0.4 is 5.32 Å². The van der Waals surface area contributed by atoms with Crippen LogP contribution in [0.25, 0.3) is 0 Å². The van der Waals surface area contributed by atoms with Gasteiger partial charge in [0, 0.05) is 0 Å². The predicted octanol–water partition coefficient (Wildman–Crippen LogP) is 8.62. The summed E-state index contributed by atoms with van der Waals surface area (Å²) < 4.78 is 11.1. The van der Waals surface area contributed by atoms with Gasteiger partial charge in [-0.1, -0.05) is 173 Å². The average Bonchev–Trinajstić information content (AvgIpc) is 3.25. The second-order valence-corrected chi connectivity index (χ2v) is 17.5. The summed E-state index contributed by atoms with van der Waals surface area (Å²) in [4.78, 5) is 13.1. The topological polar surface area (TPSA) is 189 Å². The molecule has 9 unspecified atom stereocenters. The van der Waals surface area contributed by atoms with Gasteiger partial charge in [0.25, 0.3) is 0 Å². The molecule has 1 fully saturated rings. The summed E-state index contributed by atoms with van der Waals surface area (Å²) in [5.41, 5.74) is 0. The summed E-state index contributed by atoms with van der Waals surface area (Å²) in [7, 11) is 0. The molecule has 0 spiro atoms. The first kappa shape index (κ1) is 56.6. The first-order valence-electron chi connectivity index (χ1n) is 24.7. The van der Waals surface area contributed by atoms with E-state index in [1.54, 1.807) is 0 Å². The smallest absolute Gasteiger partial charge is 0.249 e. The van der Waals surface area contributed by atoms with Crippen molar-refractivity contribution in [3.05, 3.63) is 24.3 Å². The largest absolute Gasteiger partial charge is 0.394 e. The zero-order valence-electron chi connectivity index (χ0n) is 38.2. The van der Waals surface area contributed by atoms with Crippen LogP contribution in [0.1, 0.15) is 213 Å². The van der Waals surface area contributed by atoms with Crippen molar-refractivity contribution in [1.29, 1.82) is 0 Å². The second-order valence-electron chi connectivity index (χ2n) is 17.5. The summed E-state index contributed by atoms with van der Waals surface area (Å²) in [6, 6.07) is -1.19. The lowest BCUT2D eigenvalue weighted by Gasteiger charge is -2.40. The van der Waals surface area contributed by atoms with Gasteiger partial charge in [-0.3, -0.25) is 4.79 Å². The lowest BCUT2D eigenvalue weighted by molar-refractivity contribution is -0.303. The van der Waals surface area contributed by atoms with Crippen LogP contribution in [0.15, 0.2) is 24.3 Å². The van der Waals surface area contributed by atoms with E-state index in [4.69, 9.17) is 9.47 Å². The van der Waals surface area contributed by atoms with E-state index in [9.17, 15) is 40.5 Å². The van der Waals surface area contributed by atoms with E-state index in [2.05, 4.69) is 43.5 Å². The SMILES string of the molecule is CCCCCCCCC/C=C\CCCCCCC(O)C(=O)NC(COC1OC(CO)C(O)C(O)C1O)C(O)C(O)CCC/C=C/CCCCCCCCCCCCCCC. The minimum Gasteiger partial charge on any atom is -0.394 e. The Labute approximate surface area is 365 Å². The molecule has 0 bridgehead atoms. The van der Waals surface area contributed by atoms with E-state index >= 15 is 0 Å². The molecule has 60 heavy (non-hydrogen) atoms. The molecule has 1 saturated heterocycles. The highest BCUT2D eigenvalue weighted by atomic mass is 16.7. The third-order valence-corrected chi connectivity index (χ3v) is 12.0. The molecule has 354 valence electrons. The predicted molar refractivity (Wildman–Crippen MR) is 242 cm³/mol. The van der Waals surface area contributed by atoms with Crippen molar-refractivity contribution in [2.75, 3.05) is 13.2 Å². The molecule has 1 amide bonds. The van der Waals surface area contributed by atoms with E-state index < -0.39 is 74.2 Å². The normalized spacial score (nSPS) is 21.8. The van der Waals surface area contributed by atoms with Gasteiger partial charge in [0.15, 0.2) is 6.29 Å². The molecule has 0 aromatic heterocycles. The number of aliphatic hydroxyl groups excluding tert-OH is 7. The van der Waals surface area contributed by atoms with Crippen molar-refractivity contribution in [1.82, 2.24) is 5.32 Å². The third-order valence-electron chi connectivity index (χ3n) is 12.0. The van der Waals surface area contributed by atoms with Gasteiger partial charge in [-0.15, -0.1) is 0 Å². The van der Waals surface area contributed by atoms with Gasteiger partial charge in [-0.2, -0.15) is 0 Å². The summed E-state index contributed by atoms with van der Waals surface area (Å²) in [6.07, 6.45) is 32.2. The maximum absolute atomic E-state index is 13.1. The number of carbonyl (C=O) groups is 1. The number of aliphatic hydroxyl groups is 7. The van der Waals surface area contributed by atoms with E-state index in [0.717, 1.165) is 51.4 Å². The maximum atomic E-state index is 13.1. The van der Waals surface area contributed by atoms with Crippen LogP contribution in [0, 0.1) is 0 Å². The highest BCUT2D eigenvalue weighted by Gasteiger charge is 2.44. The van der Waals surface area contributed by atoms with E-state index in [1.807, 2.05) is 0 Å². The second kappa shape index (κ2) is 39.2. The number of rotatable bonds is 41. The van der Waals surface area contributed by atoms with Crippen molar-refractivity contribution >= 4 is 5.91 Å². The molecule has 1 aliphatic rings. The van der Waals surface area contributed by atoms with Crippen molar-refractivity contribution in [2.45, 2.75) is 268 Å². The standard InChI is InChI=1S/C49H93NO10/c1-3-5-7-9-11-13-15-17-19-20-21-23-24-26-28-30-32-34-36-41(52)44(54)40(39-59-49-47(57)46(56)45(55)43(38-51)60-49)50-48(58)42(53)37-35-33-31-29-27-25-22-18-16-14-12-10-8-6-4-2/h22,25,28,30,40-47,49,51-57H,3-21,23-24,26-27,29,31-39H2,1-2H3,(H,50,58)/b25-22-,30-28+. The van der Waals surface area contributed by atoms with E-state index in [1.165, 1.54) is 122 Å². The van der Waals surface area contributed by atoms with Gasteiger partial charge in [-0.05, 0) is 64.2 Å². The monoisotopic (exact) mass is 856 g/mol. The molecule has 0 aromatic carbocycles. The Morgan fingerprint density at radius 3 is 1.43 bits per heavy atom. The number of carbonyl (C=O) groups excluding carboxylic acids is 1. The molecule has 0 aromatic rings. The quantitative estimate of drug-likeness (QED) is 0.0218. The van der Waals surface area contributed by atoms with Crippen molar-refractivity contribution in [3.8, 4) is 0 Å². The van der Waals surface area contributed by atoms with Crippen LogP contribution >= 0.6 is 0 Å². The summed E-state index contributed by atoms with van der Waals surface area (Å²) >= 11 is 0. The zero-order valence-corrected chi connectivity index (χ0v) is 38.2. The Hall–Kier alpha value is -1.41. The highest BCUT2D eigenvalue weighted by molar-refractivity contribution is 5.80. The molecule has 11 heteroatoms. The molecule has 0 aliphatic carbocycles. The summed E-state index contributed by atoms with van der Waals surface area (Å²) in [5.74, 6) is -0.715. The van der Waals surface area contributed by atoms with Crippen LogP contribution in [0.3, 0.4) is 0 Å². The number of amides is 1. The number of allylic oxidation sites excluding steroid dienone is 4. The summed E-state index contributed by atoms with van der Waals surface area (Å²) in [5, 5.41) is 75.7. The fourth-order valence-electron chi connectivity index (χ4n) is 7.85. The number of hydrogen-bond donors (Lipinski definition) is 8. The Balaban J connectivity index is 2.45. The Bertz CT molecular complexity index is 1030. The van der Waals surface area contributed by atoms with Crippen LogP contribution in [-0.4, -0.2) is 110 Å². The molecule has 0 saturated carbocycles. The first-order valence-corrected chi connectivity index (χ1v) is 24.7. The number of ether oxygens (including phenoxy) is 2. The molecule has 1 rings (SSSR count). The highest BCUT2D eigenvalue weighted by Crippen LogP contribution is 2.23. The zero-order chi connectivity index (χ0) is 44.1. The number of nitrogens with one attached hydrogen (secondary N) is 1. The van der Waals surface area contributed by atoms with Crippen LogP contribution in [0.4, 0.5) is 0 Å². The third kappa shape index (κ3) is 28.3. The Kier molecular flexibility index (Phi) is 37.0. The molecule has 8 N–H and O–H groups in total. The van der Waals surface area contributed by atoms with Gasteiger partial charge in [0.1, 0.15) is 36.6 Å². The minimum absolute atomic E-state index is 0.241. The Morgan fingerprint density at radius 1 is 0.567 bits per heavy atom. The first-order chi connectivity index (χ1) is 29.2. The average molecular weight is 856 g/mol. The molecule has 9 atom stereocenters. The van der Waals surface area contributed by atoms with Gasteiger partial charge < -0.3 is 50.5 Å². The summed E-state index contributed by atoms with van der Waals surface area (Å²) in [6.45, 7) is 3.42. The molecule has 1 aliphatic heterocycles. The Morgan fingerprint density at radius 2 is 0.983 bits per heavy atom. The fraction of sp³-hybridized carbons (Fsp3) is 0.898. The van der Waals surface area contributed by atoms with Crippen LogP contribution in [-0.2, 0) is 14.3 Å². The van der Waals surface area contributed by atoms with Gasteiger partial charge >= 0.3 is 0 Å². The lowest BCUT2D eigenvalue weighted by atomic mass is 9.98. The van der Waals surface area contributed by atoms with Crippen LogP contribution in [0.2, 0.25) is 0 Å². The fourth-order valence-corrected chi connectivity index (χ4v) is 7.85. The molecular formula is C49H93NO10. The molecule has 1 heterocycles. The molecule has 11 nitrogen and oxygen atoms in total. The minimum atomic E-state index is -1.67. The molecule has 0 radical (unpaired) electrons. The van der Waals surface area contributed by atoms with E-state index in [-0.39, 0.29) is 12.8 Å². The van der Waals surface area contributed by atoms with Crippen molar-refractivity contribution in [2.24, 2.45) is 0 Å². The van der Waals surface area contributed by atoms with Crippen molar-refractivity contribution < 1.29 is 50.0 Å². The lowest BCUT2D eigenvalue weighted by Crippen LogP contribution is -2.60. The van der Waals surface area contributed by atoms with Gasteiger partial charge in [-0.25, -0.2) is 0 Å². The van der Waals surface area contributed by atoms with E-state index in [0.29, 0.717) is 12.8 Å². The van der Waals surface area contributed by atoms with Gasteiger partial charge in [0.2, 0.25) is 5.91 Å². The van der Waals surface area contributed by atoms with Gasteiger partial charge in [0.05, 0.1) is 25.4 Å². The number of hydrogen-bond acceptors (Lipinski definition) is 10. The molecular weight excluding hydrogens is 763 g/mol. The number of unbranched alkanes of at least 4 members (excludes halogenated alkanes) is 25. The maximum Gasteiger partial charge on any atom is 0.249 e.